The molecule has 0 saturated heterocycles. The minimum atomic E-state index is -1.03. The van der Waals surface area contributed by atoms with Crippen molar-refractivity contribution in [2.24, 2.45) is 0 Å². The molecule has 1 N–H and O–H groups in total. The van der Waals surface area contributed by atoms with Gasteiger partial charge in [0.1, 0.15) is 10.9 Å². The van der Waals surface area contributed by atoms with E-state index in [1.165, 1.54) is 48.8 Å². The number of nitriles is 1. The maximum atomic E-state index is 10.2. The first kappa shape index (κ1) is 35.8. The average Bonchev–Trinajstić information content (AvgIpc) is 3.70. The average molecular weight is 590 g/mol. The van der Waals surface area contributed by atoms with Gasteiger partial charge in [-0.1, -0.05) is 41.4 Å². The third-order valence-corrected chi connectivity index (χ3v) is 5.25. The van der Waals surface area contributed by atoms with Crippen molar-refractivity contribution < 1.29 is 27.9 Å². The van der Waals surface area contributed by atoms with Crippen molar-refractivity contribution in [2.75, 3.05) is 7.05 Å². The molecule has 0 unspecified atom stereocenters. The number of carboxylic acids is 1. The fourth-order valence-electron chi connectivity index (χ4n) is 2.57. The SMILES string of the molecule is CC#N.CC(C)=C(Cl)N(C)Cc1ccc(C)cc1.Cc1ccco1.O=C(Cl)c1ccco1.O=C(O)c1ccco1. The molecular formula is C30H34Cl2N2O6. The molecule has 0 fully saturated rings. The van der Waals surface area contributed by atoms with Crippen LogP contribution in [0.5, 0.6) is 0 Å². The number of carboxylic acid groups (broad SMARTS) is 1. The van der Waals surface area contributed by atoms with Crippen LogP contribution in [0.15, 0.2) is 103 Å². The summed E-state index contributed by atoms with van der Waals surface area (Å²) < 4.78 is 13.9. The number of hydrogen-bond acceptors (Lipinski definition) is 7. The highest BCUT2D eigenvalue weighted by molar-refractivity contribution is 6.67. The van der Waals surface area contributed by atoms with Crippen LogP contribution in [0.1, 0.15) is 58.8 Å². The molecule has 0 bridgehead atoms. The molecule has 8 nitrogen and oxygen atoms in total. The van der Waals surface area contributed by atoms with Crippen molar-refractivity contribution >= 4 is 34.4 Å². The first-order valence-corrected chi connectivity index (χ1v) is 12.6. The van der Waals surface area contributed by atoms with Crippen LogP contribution < -0.4 is 0 Å². The van der Waals surface area contributed by atoms with Gasteiger partial charge in [0.15, 0.2) is 5.76 Å². The van der Waals surface area contributed by atoms with Crippen molar-refractivity contribution in [3.8, 4) is 6.07 Å². The molecule has 1 aromatic carbocycles. The van der Waals surface area contributed by atoms with Crippen LogP contribution in [0.25, 0.3) is 0 Å². The maximum Gasteiger partial charge on any atom is 0.371 e. The molecule has 0 spiro atoms. The van der Waals surface area contributed by atoms with Gasteiger partial charge in [-0.3, -0.25) is 4.79 Å². The number of nitrogens with zero attached hydrogens (tertiary/aromatic N) is 2. The van der Waals surface area contributed by atoms with Gasteiger partial charge in [-0.2, -0.15) is 5.26 Å². The lowest BCUT2D eigenvalue weighted by Gasteiger charge is -2.19. The summed E-state index contributed by atoms with van der Waals surface area (Å²) >= 11 is 11.2. The highest BCUT2D eigenvalue weighted by Crippen LogP contribution is 2.16. The van der Waals surface area contributed by atoms with E-state index in [4.69, 9.17) is 38.0 Å². The molecule has 214 valence electrons. The highest BCUT2D eigenvalue weighted by Gasteiger charge is 2.04. The molecule has 40 heavy (non-hydrogen) atoms. The van der Waals surface area contributed by atoms with Gasteiger partial charge in [0.2, 0.25) is 5.76 Å². The smallest absolute Gasteiger partial charge is 0.371 e. The molecule has 4 rings (SSSR count). The van der Waals surface area contributed by atoms with Crippen molar-refractivity contribution in [2.45, 2.75) is 41.2 Å². The molecular weight excluding hydrogens is 555 g/mol. The number of rotatable bonds is 5. The Labute approximate surface area is 245 Å². The number of carbonyl (C=O) groups excluding carboxylic acids is 1. The first-order chi connectivity index (χ1) is 18.9. The van der Waals surface area contributed by atoms with E-state index in [2.05, 4.69) is 44.9 Å². The molecule has 0 aliphatic heterocycles. The Morgan fingerprint density at radius 2 is 1.35 bits per heavy atom. The lowest BCUT2D eigenvalue weighted by Crippen LogP contribution is -2.14. The third-order valence-electron chi connectivity index (χ3n) is 4.40. The van der Waals surface area contributed by atoms with Gasteiger partial charge in [-0.25, -0.2) is 4.79 Å². The second-order valence-corrected chi connectivity index (χ2v) is 8.81. The summed E-state index contributed by atoms with van der Waals surface area (Å²) in [6.45, 7) is 10.3. The Morgan fingerprint density at radius 1 is 0.875 bits per heavy atom. The molecule has 3 aromatic heterocycles. The van der Waals surface area contributed by atoms with Gasteiger partial charge >= 0.3 is 5.97 Å². The minimum absolute atomic E-state index is 0.0231. The fraction of sp³-hybridized carbons (Fsp3) is 0.233. The molecule has 0 aliphatic carbocycles. The number of halogens is 2. The van der Waals surface area contributed by atoms with Gasteiger partial charge < -0.3 is 23.3 Å². The normalized spacial score (nSPS) is 8.88. The van der Waals surface area contributed by atoms with Crippen molar-refractivity contribution in [1.29, 1.82) is 5.26 Å². The molecule has 10 heteroatoms. The zero-order valence-electron chi connectivity index (χ0n) is 23.4. The van der Waals surface area contributed by atoms with Gasteiger partial charge in [0, 0.05) is 20.5 Å². The monoisotopic (exact) mass is 588 g/mol. The molecule has 0 radical (unpaired) electrons. The van der Waals surface area contributed by atoms with E-state index in [0.717, 1.165) is 23.0 Å². The third kappa shape index (κ3) is 16.6. The number of hydrogen-bond donors (Lipinski definition) is 1. The van der Waals surface area contributed by atoms with Crippen LogP contribution in [0.4, 0.5) is 0 Å². The number of allylic oxidation sites excluding steroid dienone is 1. The summed E-state index contributed by atoms with van der Waals surface area (Å²) in [5.74, 6) is 0.0988. The molecule has 0 atom stereocenters. The number of furan rings is 3. The Morgan fingerprint density at radius 3 is 1.62 bits per heavy atom. The second-order valence-electron chi connectivity index (χ2n) is 8.11. The van der Waals surface area contributed by atoms with Crippen molar-refractivity contribution in [1.82, 2.24) is 4.90 Å². The molecule has 0 saturated carbocycles. The van der Waals surface area contributed by atoms with E-state index >= 15 is 0 Å². The summed E-state index contributed by atoms with van der Waals surface area (Å²) in [7, 11) is 2.01. The van der Waals surface area contributed by atoms with Crippen LogP contribution in [0.2, 0.25) is 0 Å². The Kier molecular flexibility index (Phi) is 18.6. The van der Waals surface area contributed by atoms with E-state index in [1.807, 2.05) is 40.0 Å². The summed E-state index contributed by atoms with van der Waals surface area (Å²) in [6.07, 6.45) is 4.38. The van der Waals surface area contributed by atoms with E-state index in [0.29, 0.717) is 0 Å². The van der Waals surface area contributed by atoms with Crippen LogP contribution in [-0.4, -0.2) is 28.3 Å². The zero-order chi connectivity index (χ0) is 30.5. The Hall–Kier alpha value is -4.19. The maximum absolute atomic E-state index is 10.2. The van der Waals surface area contributed by atoms with Crippen LogP contribution in [-0.2, 0) is 6.54 Å². The lowest BCUT2D eigenvalue weighted by molar-refractivity contribution is 0.0662. The van der Waals surface area contributed by atoms with Gasteiger partial charge in [-0.05, 0) is 86.8 Å². The molecule has 0 aliphatic rings. The van der Waals surface area contributed by atoms with Crippen LogP contribution in [0.3, 0.4) is 0 Å². The van der Waals surface area contributed by atoms with Crippen LogP contribution >= 0.6 is 23.2 Å². The van der Waals surface area contributed by atoms with Gasteiger partial charge in [0.25, 0.3) is 5.24 Å². The number of aryl methyl sites for hydroxylation is 2. The molecule has 3 heterocycles. The Balaban J connectivity index is 0.000000519. The largest absolute Gasteiger partial charge is 0.475 e. The molecule has 4 aromatic rings. The number of benzene rings is 1. The summed E-state index contributed by atoms with van der Waals surface area (Å²) in [5, 5.41) is 15.8. The van der Waals surface area contributed by atoms with Gasteiger partial charge in [0.05, 0.1) is 24.9 Å². The highest BCUT2D eigenvalue weighted by atomic mass is 35.5. The summed E-state index contributed by atoms with van der Waals surface area (Å²) in [4.78, 5) is 22.2. The zero-order valence-corrected chi connectivity index (χ0v) is 24.9. The van der Waals surface area contributed by atoms with E-state index in [9.17, 15) is 9.59 Å². The quantitative estimate of drug-likeness (QED) is 0.181. The summed E-state index contributed by atoms with van der Waals surface area (Å²) in [5.41, 5.74) is 3.71. The topological polar surface area (TPSA) is 121 Å². The lowest BCUT2D eigenvalue weighted by atomic mass is 10.1. The number of carbonyl (C=O) groups is 2. The Bertz CT molecular complexity index is 1240. The van der Waals surface area contributed by atoms with E-state index in [1.54, 1.807) is 18.4 Å². The predicted molar refractivity (Wildman–Crippen MR) is 156 cm³/mol. The van der Waals surface area contributed by atoms with Crippen molar-refractivity contribution in [3.05, 3.63) is 119 Å². The minimum Gasteiger partial charge on any atom is -0.475 e. The summed E-state index contributed by atoms with van der Waals surface area (Å²) in [6, 6.07) is 20.1. The van der Waals surface area contributed by atoms with E-state index in [-0.39, 0.29) is 11.5 Å². The predicted octanol–water partition coefficient (Wildman–Crippen LogP) is 8.67. The van der Waals surface area contributed by atoms with Crippen LogP contribution in [0, 0.1) is 25.2 Å². The van der Waals surface area contributed by atoms with Crippen molar-refractivity contribution in [3.63, 3.8) is 0 Å². The van der Waals surface area contributed by atoms with E-state index < -0.39 is 11.2 Å². The first-order valence-electron chi connectivity index (χ1n) is 11.8. The molecule has 0 amide bonds. The number of aromatic carboxylic acids is 1. The fourth-order valence-corrected chi connectivity index (χ4v) is 2.74. The standard InChI is InChI=1S/C13H18ClN.C5H3ClO2.C5H4O3.C5H6O.C2H3N/c1-10(2)13(14)15(4)9-12-7-5-11(3)6-8-12;2*6-5(7)4-2-1-3-8-4;1-5-3-2-4-6-5;1-2-3/h5-8H,9H2,1-4H3;1-3H;1-3H,(H,6,7);2-4H,1H3;1H3. The van der Waals surface area contributed by atoms with Gasteiger partial charge in [-0.15, -0.1) is 0 Å². The second kappa shape index (κ2) is 20.7.